The molecule has 0 spiro atoms. The SMILES string of the molecule is Nc1ccc(NC(=O)COc2cccc(Cl)c2)c(Cl)c1. The van der Waals surface area contributed by atoms with Crippen LogP contribution in [0.3, 0.4) is 0 Å². The van der Waals surface area contributed by atoms with Crippen LogP contribution in [0.25, 0.3) is 0 Å². The van der Waals surface area contributed by atoms with Gasteiger partial charge in [-0.15, -0.1) is 0 Å². The van der Waals surface area contributed by atoms with Crippen molar-refractivity contribution in [3.63, 3.8) is 0 Å². The second kappa shape index (κ2) is 6.50. The van der Waals surface area contributed by atoms with Crippen molar-refractivity contribution in [2.75, 3.05) is 17.7 Å². The molecule has 0 radical (unpaired) electrons. The molecule has 1 amide bonds. The van der Waals surface area contributed by atoms with Gasteiger partial charge in [0.05, 0.1) is 10.7 Å². The highest BCUT2D eigenvalue weighted by Gasteiger charge is 2.07. The molecule has 0 aliphatic heterocycles. The highest BCUT2D eigenvalue weighted by atomic mass is 35.5. The molecule has 2 aromatic carbocycles. The summed E-state index contributed by atoms with van der Waals surface area (Å²) < 4.78 is 5.32. The molecule has 0 aliphatic rings. The van der Waals surface area contributed by atoms with Gasteiger partial charge in [0.2, 0.25) is 0 Å². The van der Waals surface area contributed by atoms with E-state index in [1.54, 1.807) is 42.5 Å². The number of hydrogen-bond acceptors (Lipinski definition) is 3. The van der Waals surface area contributed by atoms with Crippen LogP contribution in [0.2, 0.25) is 10.0 Å². The van der Waals surface area contributed by atoms with Gasteiger partial charge in [-0.05, 0) is 36.4 Å². The Balaban J connectivity index is 1.92. The highest BCUT2D eigenvalue weighted by Crippen LogP contribution is 2.24. The van der Waals surface area contributed by atoms with E-state index in [0.29, 0.717) is 27.2 Å². The number of nitrogens with two attached hydrogens (primary N) is 1. The van der Waals surface area contributed by atoms with Crippen LogP contribution in [0.1, 0.15) is 0 Å². The lowest BCUT2D eigenvalue weighted by Gasteiger charge is -2.09. The third-order valence-corrected chi connectivity index (χ3v) is 2.98. The van der Waals surface area contributed by atoms with Crippen LogP contribution in [0, 0.1) is 0 Å². The number of rotatable bonds is 4. The van der Waals surface area contributed by atoms with Gasteiger partial charge in [0.1, 0.15) is 5.75 Å². The molecule has 4 nitrogen and oxygen atoms in total. The van der Waals surface area contributed by atoms with Gasteiger partial charge >= 0.3 is 0 Å². The van der Waals surface area contributed by atoms with Crippen molar-refractivity contribution >= 4 is 40.5 Å². The minimum absolute atomic E-state index is 0.138. The third-order valence-electron chi connectivity index (χ3n) is 2.43. The zero-order valence-electron chi connectivity index (χ0n) is 10.4. The van der Waals surface area contributed by atoms with E-state index >= 15 is 0 Å². The Hall–Kier alpha value is -1.91. The number of carbonyl (C=O) groups excluding carboxylic acids is 1. The van der Waals surface area contributed by atoms with E-state index in [4.69, 9.17) is 33.7 Å². The van der Waals surface area contributed by atoms with E-state index in [-0.39, 0.29) is 12.5 Å². The first-order valence-corrected chi connectivity index (χ1v) is 6.53. The monoisotopic (exact) mass is 310 g/mol. The molecule has 0 saturated heterocycles. The van der Waals surface area contributed by atoms with Crippen molar-refractivity contribution in [2.24, 2.45) is 0 Å². The Morgan fingerprint density at radius 1 is 1.20 bits per heavy atom. The fourth-order valence-corrected chi connectivity index (χ4v) is 1.94. The maximum atomic E-state index is 11.7. The summed E-state index contributed by atoms with van der Waals surface area (Å²) in [4.78, 5) is 11.7. The summed E-state index contributed by atoms with van der Waals surface area (Å²) in [6, 6.07) is 11.7. The molecule has 20 heavy (non-hydrogen) atoms. The zero-order chi connectivity index (χ0) is 14.5. The molecule has 0 atom stereocenters. The number of anilines is 2. The Bertz CT molecular complexity index is 632. The lowest BCUT2D eigenvalue weighted by atomic mass is 10.3. The van der Waals surface area contributed by atoms with Crippen molar-refractivity contribution in [1.82, 2.24) is 0 Å². The molecule has 2 rings (SSSR count). The van der Waals surface area contributed by atoms with Crippen molar-refractivity contribution in [1.29, 1.82) is 0 Å². The summed E-state index contributed by atoms with van der Waals surface area (Å²) in [7, 11) is 0. The van der Waals surface area contributed by atoms with Crippen LogP contribution in [-0.2, 0) is 4.79 Å². The Kier molecular flexibility index (Phi) is 4.71. The van der Waals surface area contributed by atoms with Gasteiger partial charge in [0.15, 0.2) is 6.61 Å². The van der Waals surface area contributed by atoms with Gasteiger partial charge in [-0.1, -0.05) is 29.3 Å². The minimum Gasteiger partial charge on any atom is -0.484 e. The molecular weight excluding hydrogens is 299 g/mol. The fraction of sp³-hybridized carbons (Fsp3) is 0.0714. The number of carbonyl (C=O) groups is 1. The number of benzene rings is 2. The van der Waals surface area contributed by atoms with Crippen LogP contribution < -0.4 is 15.8 Å². The normalized spacial score (nSPS) is 10.1. The van der Waals surface area contributed by atoms with E-state index < -0.39 is 0 Å². The third kappa shape index (κ3) is 4.05. The standard InChI is InChI=1S/C14H12Cl2N2O2/c15-9-2-1-3-11(6-9)20-8-14(19)18-13-5-4-10(17)7-12(13)16/h1-7H,8,17H2,(H,18,19). The smallest absolute Gasteiger partial charge is 0.262 e. The van der Waals surface area contributed by atoms with E-state index in [0.717, 1.165) is 0 Å². The maximum Gasteiger partial charge on any atom is 0.262 e. The molecule has 0 saturated carbocycles. The summed E-state index contributed by atoms with van der Waals surface area (Å²) in [5.41, 5.74) is 6.59. The average Bonchev–Trinajstić information content (AvgIpc) is 2.40. The number of amides is 1. The first-order chi connectivity index (χ1) is 9.54. The Labute approximate surface area is 126 Å². The predicted octanol–water partition coefficient (Wildman–Crippen LogP) is 3.59. The molecule has 0 bridgehead atoms. The summed E-state index contributed by atoms with van der Waals surface area (Å²) in [6.07, 6.45) is 0. The molecular formula is C14H12Cl2N2O2. The van der Waals surface area contributed by atoms with Crippen molar-refractivity contribution < 1.29 is 9.53 Å². The van der Waals surface area contributed by atoms with E-state index in [2.05, 4.69) is 5.32 Å². The first kappa shape index (κ1) is 14.5. The average molecular weight is 311 g/mol. The van der Waals surface area contributed by atoms with Gasteiger partial charge in [-0.3, -0.25) is 4.79 Å². The lowest BCUT2D eigenvalue weighted by molar-refractivity contribution is -0.118. The first-order valence-electron chi connectivity index (χ1n) is 5.78. The molecule has 0 aromatic heterocycles. The number of nitrogens with one attached hydrogen (secondary N) is 1. The molecule has 3 N–H and O–H groups in total. The highest BCUT2D eigenvalue weighted by molar-refractivity contribution is 6.34. The molecule has 0 aliphatic carbocycles. The zero-order valence-corrected chi connectivity index (χ0v) is 11.9. The lowest BCUT2D eigenvalue weighted by Crippen LogP contribution is -2.20. The van der Waals surface area contributed by atoms with E-state index in [1.807, 2.05) is 0 Å². The summed E-state index contributed by atoms with van der Waals surface area (Å²) in [5.74, 6) is 0.202. The molecule has 0 fully saturated rings. The summed E-state index contributed by atoms with van der Waals surface area (Å²) in [5, 5.41) is 3.56. The minimum atomic E-state index is -0.323. The van der Waals surface area contributed by atoms with Crippen LogP contribution >= 0.6 is 23.2 Å². The van der Waals surface area contributed by atoms with E-state index in [9.17, 15) is 4.79 Å². The Morgan fingerprint density at radius 2 is 2.00 bits per heavy atom. The summed E-state index contributed by atoms with van der Waals surface area (Å²) >= 11 is 11.8. The number of halogens is 2. The van der Waals surface area contributed by atoms with Crippen LogP contribution in [-0.4, -0.2) is 12.5 Å². The molecule has 6 heteroatoms. The fourth-order valence-electron chi connectivity index (χ4n) is 1.52. The second-order valence-corrected chi connectivity index (χ2v) is 4.88. The van der Waals surface area contributed by atoms with Gasteiger partial charge in [-0.2, -0.15) is 0 Å². The van der Waals surface area contributed by atoms with Crippen LogP contribution in [0.5, 0.6) is 5.75 Å². The van der Waals surface area contributed by atoms with Gasteiger partial charge in [0, 0.05) is 10.7 Å². The van der Waals surface area contributed by atoms with E-state index in [1.165, 1.54) is 0 Å². The van der Waals surface area contributed by atoms with Gasteiger partial charge in [0.25, 0.3) is 5.91 Å². The van der Waals surface area contributed by atoms with Crippen molar-refractivity contribution in [2.45, 2.75) is 0 Å². The van der Waals surface area contributed by atoms with Crippen LogP contribution in [0.4, 0.5) is 11.4 Å². The summed E-state index contributed by atoms with van der Waals surface area (Å²) in [6.45, 7) is -0.138. The largest absolute Gasteiger partial charge is 0.484 e. The van der Waals surface area contributed by atoms with Gasteiger partial charge < -0.3 is 15.8 Å². The van der Waals surface area contributed by atoms with Crippen LogP contribution in [0.15, 0.2) is 42.5 Å². The van der Waals surface area contributed by atoms with Gasteiger partial charge in [-0.25, -0.2) is 0 Å². The van der Waals surface area contributed by atoms with Crippen molar-refractivity contribution in [3.05, 3.63) is 52.5 Å². The quantitative estimate of drug-likeness (QED) is 0.848. The number of ether oxygens (including phenoxy) is 1. The molecule has 104 valence electrons. The Morgan fingerprint density at radius 3 is 2.70 bits per heavy atom. The molecule has 2 aromatic rings. The maximum absolute atomic E-state index is 11.7. The molecule has 0 heterocycles. The number of hydrogen-bond donors (Lipinski definition) is 2. The van der Waals surface area contributed by atoms with Crippen molar-refractivity contribution in [3.8, 4) is 5.75 Å². The topological polar surface area (TPSA) is 64.3 Å². The predicted molar refractivity (Wildman–Crippen MR) is 81.4 cm³/mol. The number of nitrogen functional groups attached to an aromatic ring is 1. The molecule has 0 unspecified atom stereocenters. The second-order valence-electron chi connectivity index (χ2n) is 4.03.